The molecule has 0 atom stereocenters. The molecule has 0 aliphatic carbocycles. The van der Waals surface area contributed by atoms with Crippen LogP contribution in [0.4, 0.5) is 18.9 Å². The van der Waals surface area contributed by atoms with Crippen molar-refractivity contribution in [1.29, 1.82) is 0 Å². The van der Waals surface area contributed by atoms with Crippen LogP contribution in [0.25, 0.3) is 0 Å². The second kappa shape index (κ2) is 5.97. The van der Waals surface area contributed by atoms with Crippen LogP contribution in [-0.4, -0.2) is 5.91 Å². The highest BCUT2D eigenvalue weighted by Gasteiger charge is 2.33. The Labute approximate surface area is 125 Å². The predicted octanol–water partition coefficient (Wildman–Crippen LogP) is 4.71. The monoisotopic (exact) mass is 363 g/mol. The Morgan fingerprint density at radius 3 is 2.65 bits per heavy atom. The molecule has 2 rings (SSSR count). The summed E-state index contributed by atoms with van der Waals surface area (Å²) in [5, 5.41) is 4.30. The minimum atomic E-state index is -4.46. The van der Waals surface area contributed by atoms with Crippen LogP contribution in [0, 0.1) is 0 Å². The van der Waals surface area contributed by atoms with Gasteiger partial charge < -0.3 is 5.32 Å². The average Bonchev–Trinajstić information content (AvgIpc) is 2.83. The van der Waals surface area contributed by atoms with Crippen molar-refractivity contribution in [2.24, 2.45) is 0 Å². The molecule has 0 saturated carbocycles. The Hall–Kier alpha value is -1.34. The molecular weight excluding hydrogens is 355 g/mol. The van der Waals surface area contributed by atoms with Crippen molar-refractivity contribution in [2.75, 3.05) is 5.32 Å². The van der Waals surface area contributed by atoms with Crippen molar-refractivity contribution in [2.45, 2.75) is 12.6 Å². The quantitative estimate of drug-likeness (QED) is 0.840. The second-order valence-corrected chi connectivity index (χ2v) is 5.88. The fourth-order valence-corrected chi connectivity index (χ4v) is 2.77. The van der Waals surface area contributed by atoms with Gasteiger partial charge in [0.2, 0.25) is 5.91 Å². The van der Waals surface area contributed by atoms with Crippen LogP contribution < -0.4 is 5.32 Å². The SMILES string of the molecule is O=C(Cc1cccs1)Nc1ccc(Br)c(C(F)(F)F)c1. The Bertz CT molecular complexity index is 611. The van der Waals surface area contributed by atoms with Crippen LogP contribution >= 0.6 is 27.3 Å². The summed E-state index contributed by atoms with van der Waals surface area (Å²) in [6.07, 6.45) is -4.32. The number of alkyl halides is 3. The third-order valence-electron chi connectivity index (χ3n) is 2.47. The Morgan fingerprint density at radius 2 is 2.05 bits per heavy atom. The summed E-state index contributed by atoms with van der Waals surface area (Å²) in [4.78, 5) is 12.6. The highest BCUT2D eigenvalue weighted by atomic mass is 79.9. The normalized spacial score (nSPS) is 11.4. The van der Waals surface area contributed by atoms with E-state index in [2.05, 4.69) is 21.2 Å². The van der Waals surface area contributed by atoms with E-state index in [0.717, 1.165) is 10.9 Å². The van der Waals surface area contributed by atoms with E-state index in [1.807, 2.05) is 11.4 Å². The van der Waals surface area contributed by atoms with Gasteiger partial charge >= 0.3 is 6.18 Å². The van der Waals surface area contributed by atoms with E-state index in [-0.39, 0.29) is 22.5 Å². The van der Waals surface area contributed by atoms with E-state index in [0.29, 0.717) is 0 Å². The largest absolute Gasteiger partial charge is 0.417 e. The van der Waals surface area contributed by atoms with E-state index in [9.17, 15) is 18.0 Å². The number of carbonyl (C=O) groups is 1. The lowest BCUT2D eigenvalue weighted by molar-refractivity contribution is -0.138. The minimum absolute atomic E-state index is 0.0544. The maximum Gasteiger partial charge on any atom is 0.417 e. The Morgan fingerprint density at radius 1 is 1.30 bits per heavy atom. The van der Waals surface area contributed by atoms with Gasteiger partial charge in [-0.2, -0.15) is 13.2 Å². The summed E-state index contributed by atoms with van der Waals surface area (Å²) in [5.41, 5.74) is -0.687. The molecule has 20 heavy (non-hydrogen) atoms. The van der Waals surface area contributed by atoms with E-state index >= 15 is 0 Å². The van der Waals surface area contributed by atoms with Crippen LogP contribution in [0.5, 0.6) is 0 Å². The third-order valence-corrected chi connectivity index (χ3v) is 4.04. The number of benzene rings is 1. The van der Waals surface area contributed by atoms with Crippen molar-refractivity contribution < 1.29 is 18.0 Å². The number of thiophene rings is 1. The first kappa shape index (κ1) is 15.1. The zero-order valence-electron chi connectivity index (χ0n) is 10.00. The maximum absolute atomic E-state index is 12.7. The average molecular weight is 364 g/mol. The number of nitrogens with one attached hydrogen (secondary N) is 1. The summed E-state index contributed by atoms with van der Waals surface area (Å²) in [6.45, 7) is 0. The molecule has 106 valence electrons. The highest BCUT2D eigenvalue weighted by Crippen LogP contribution is 2.36. The molecule has 2 aromatic rings. The van der Waals surface area contributed by atoms with Crippen LogP contribution in [0.15, 0.2) is 40.2 Å². The van der Waals surface area contributed by atoms with Gasteiger partial charge in [-0.25, -0.2) is 0 Å². The van der Waals surface area contributed by atoms with Crippen molar-refractivity contribution in [1.82, 2.24) is 0 Å². The van der Waals surface area contributed by atoms with E-state index in [1.165, 1.54) is 23.5 Å². The second-order valence-electron chi connectivity index (χ2n) is 4.00. The molecule has 1 heterocycles. The first-order chi connectivity index (χ1) is 9.36. The van der Waals surface area contributed by atoms with Gasteiger partial charge in [0.25, 0.3) is 0 Å². The fourth-order valence-electron chi connectivity index (χ4n) is 1.60. The van der Waals surface area contributed by atoms with Crippen LogP contribution in [0.3, 0.4) is 0 Å². The summed E-state index contributed by atoms with van der Waals surface area (Å²) < 4.78 is 38.1. The zero-order chi connectivity index (χ0) is 14.8. The molecule has 0 bridgehead atoms. The van der Waals surface area contributed by atoms with Crippen molar-refractivity contribution >= 4 is 38.9 Å². The summed E-state index contributed by atoms with van der Waals surface area (Å²) in [5.74, 6) is -0.345. The van der Waals surface area contributed by atoms with Gasteiger partial charge in [-0.15, -0.1) is 11.3 Å². The van der Waals surface area contributed by atoms with Crippen LogP contribution in [0.1, 0.15) is 10.4 Å². The first-order valence-electron chi connectivity index (χ1n) is 5.55. The zero-order valence-corrected chi connectivity index (χ0v) is 12.4. The molecular formula is C13H9BrF3NOS. The molecule has 0 unspecified atom stereocenters. The number of halogens is 4. The lowest BCUT2D eigenvalue weighted by atomic mass is 10.2. The molecule has 1 aromatic heterocycles. The molecule has 2 nitrogen and oxygen atoms in total. The summed E-state index contributed by atoms with van der Waals surface area (Å²) in [6, 6.07) is 7.22. The smallest absolute Gasteiger partial charge is 0.326 e. The molecule has 7 heteroatoms. The third kappa shape index (κ3) is 3.83. The lowest BCUT2D eigenvalue weighted by Crippen LogP contribution is -2.15. The Balaban J connectivity index is 2.12. The first-order valence-corrected chi connectivity index (χ1v) is 7.22. The number of anilines is 1. The maximum atomic E-state index is 12.7. The van der Waals surface area contributed by atoms with Crippen molar-refractivity contribution in [3.05, 3.63) is 50.6 Å². The van der Waals surface area contributed by atoms with Crippen molar-refractivity contribution in [3.63, 3.8) is 0 Å². The van der Waals surface area contributed by atoms with E-state index in [1.54, 1.807) is 6.07 Å². The van der Waals surface area contributed by atoms with Gasteiger partial charge in [-0.3, -0.25) is 4.79 Å². The standard InChI is InChI=1S/C13H9BrF3NOS/c14-11-4-3-8(6-10(11)13(15,16)17)18-12(19)7-9-2-1-5-20-9/h1-6H,7H2,(H,18,19). The van der Waals surface area contributed by atoms with Crippen LogP contribution in [0.2, 0.25) is 0 Å². The molecule has 0 aliphatic rings. The van der Waals surface area contributed by atoms with Crippen molar-refractivity contribution in [3.8, 4) is 0 Å². The van der Waals surface area contributed by atoms with E-state index in [4.69, 9.17) is 0 Å². The topological polar surface area (TPSA) is 29.1 Å². The van der Waals surface area contributed by atoms with Crippen LogP contribution in [-0.2, 0) is 17.4 Å². The molecule has 1 amide bonds. The minimum Gasteiger partial charge on any atom is -0.326 e. The lowest BCUT2D eigenvalue weighted by Gasteiger charge is -2.11. The van der Waals surface area contributed by atoms with E-state index < -0.39 is 11.7 Å². The molecule has 0 saturated heterocycles. The molecule has 0 fully saturated rings. The molecule has 0 aliphatic heterocycles. The van der Waals surface area contributed by atoms with Gasteiger partial charge in [0.15, 0.2) is 0 Å². The van der Waals surface area contributed by atoms with Gasteiger partial charge in [-0.1, -0.05) is 22.0 Å². The van der Waals surface area contributed by atoms with Gasteiger partial charge in [0, 0.05) is 15.0 Å². The number of carbonyl (C=O) groups excluding carboxylic acids is 1. The molecule has 0 spiro atoms. The summed E-state index contributed by atoms with van der Waals surface area (Å²) in [7, 11) is 0. The molecule has 1 N–H and O–H groups in total. The van der Waals surface area contributed by atoms with Gasteiger partial charge in [0.1, 0.15) is 0 Å². The molecule has 1 aromatic carbocycles. The number of rotatable bonds is 3. The van der Waals surface area contributed by atoms with Gasteiger partial charge in [-0.05, 0) is 29.6 Å². The summed E-state index contributed by atoms with van der Waals surface area (Å²) >= 11 is 4.27. The predicted molar refractivity (Wildman–Crippen MR) is 75.8 cm³/mol. The number of amides is 1. The fraction of sp³-hybridized carbons (Fsp3) is 0.154. The highest BCUT2D eigenvalue weighted by molar-refractivity contribution is 9.10. The molecule has 0 radical (unpaired) electrons. The number of hydrogen-bond donors (Lipinski definition) is 1. The number of hydrogen-bond acceptors (Lipinski definition) is 2. The Kier molecular flexibility index (Phi) is 4.49. The van der Waals surface area contributed by atoms with Gasteiger partial charge in [0.05, 0.1) is 12.0 Å².